The zero-order valence-electron chi connectivity index (χ0n) is 13.8. The average Bonchev–Trinajstić information content (AvgIpc) is 3.02. The summed E-state index contributed by atoms with van der Waals surface area (Å²) in [6.45, 7) is 1.82. The Morgan fingerprint density at radius 1 is 1.17 bits per heavy atom. The lowest BCUT2D eigenvalue weighted by molar-refractivity contribution is -0.118. The number of nitrogens with zero attached hydrogens (tertiary/aromatic N) is 1. The van der Waals surface area contributed by atoms with Gasteiger partial charge < -0.3 is 10.2 Å². The molecule has 0 fully saturated rings. The van der Waals surface area contributed by atoms with E-state index >= 15 is 0 Å². The first-order valence-electron chi connectivity index (χ1n) is 8.11. The van der Waals surface area contributed by atoms with E-state index in [1.54, 1.807) is 11.9 Å². The number of carbonyl (C=O) groups is 1. The van der Waals surface area contributed by atoms with Crippen LogP contribution in [0.4, 0.5) is 20.2 Å². The average molecular weight is 330 g/mol. The maximum atomic E-state index is 14.1. The number of carbonyl (C=O) groups excluding carboxylic acids is 1. The van der Waals surface area contributed by atoms with Crippen molar-refractivity contribution in [1.82, 2.24) is 0 Å². The van der Waals surface area contributed by atoms with Crippen LogP contribution >= 0.6 is 0 Å². The second-order valence-corrected chi connectivity index (χ2v) is 6.01. The van der Waals surface area contributed by atoms with Gasteiger partial charge in [-0.2, -0.15) is 0 Å². The Kier molecular flexibility index (Phi) is 4.51. The Bertz CT molecular complexity index is 759. The van der Waals surface area contributed by atoms with Crippen LogP contribution in [0.5, 0.6) is 0 Å². The van der Waals surface area contributed by atoms with Gasteiger partial charge in [-0.25, -0.2) is 8.78 Å². The Labute approximate surface area is 140 Å². The van der Waals surface area contributed by atoms with Gasteiger partial charge in [0.05, 0.1) is 6.04 Å². The lowest BCUT2D eigenvalue weighted by atomic mass is 10.1. The predicted octanol–water partition coefficient (Wildman–Crippen LogP) is 4.44. The van der Waals surface area contributed by atoms with Crippen molar-refractivity contribution < 1.29 is 13.6 Å². The molecular formula is C19H20F2N2O. The fourth-order valence-corrected chi connectivity index (χ4v) is 3.18. The number of halogens is 2. The highest BCUT2D eigenvalue weighted by Crippen LogP contribution is 2.37. The van der Waals surface area contributed by atoms with E-state index in [9.17, 15) is 13.6 Å². The van der Waals surface area contributed by atoms with Gasteiger partial charge in [0.1, 0.15) is 11.6 Å². The van der Waals surface area contributed by atoms with E-state index in [-0.39, 0.29) is 23.6 Å². The van der Waals surface area contributed by atoms with Crippen LogP contribution < -0.4 is 10.2 Å². The molecule has 0 saturated carbocycles. The van der Waals surface area contributed by atoms with Crippen LogP contribution in [0.1, 0.15) is 36.9 Å². The Balaban J connectivity index is 1.77. The Hall–Kier alpha value is -2.43. The number of benzene rings is 2. The Morgan fingerprint density at radius 3 is 2.50 bits per heavy atom. The summed E-state index contributed by atoms with van der Waals surface area (Å²) in [5.41, 5.74) is 2.52. The number of rotatable bonds is 4. The van der Waals surface area contributed by atoms with E-state index in [1.165, 1.54) is 12.1 Å². The molecule has 1 aliphatic carbocycles. The molecule has 5 heteroatoms. The maximum absolute atomic E-state index is 14.1. The summed E-state index contributed by atoms with van der Waals surface area (Å²) in [7, 11) is 1.74. The minimum atomic E-state index is -0.369. The zero-order valence-corrected chi connectivity index (χ0v) is 13.8. The molecule has 1 atom stereocenters. The maximum Gasteiger partial charge on any atom is 0.226 e. The summed E-state index contributed by atoms with van der Waals surface area (Å²) in [5, 5.41) is 3.26. The summed E-state index contributed by atoms with van der Waals surface area (Å²) in [6, 6.07) is 9.51. The Morgan fingerprint density at radius 2 is 1.83 bits per heavy atom. The van der Waals surface area contributed by atoms with Crippen LogP contribution in [0, 0.1) is 11.6 Å². The van der Waals surface area contributed by atoms with Gasteiger partial charge in [0, 0.05) is 30.4 Å². The van der Waals surface area contributed by atoms with Crippen molar-refractivity contribution in [3.05, 3.63) is 59.2 Å². The van der Waals surface area contributed by atoms with E-state index < -0.39 is 0 Å². The molecule has 3 nitrogen and oxygen atoms in total. The third-order valence-electron chi connectivity index (χ3n) is 4.55. The summed E-state index contributed by atoms with van der Waals surface area (Å²) >= 11 is 0. The lowest BCUT2D eigenvalue weighted by Crippen LogP contribution is -2.24. The molecule has 0 spiro atoms. The molecule has 0 aliphatic heterocycles. The SMILES string of the molecule is CCC(=O)N(C)c1ccc(NC2CCc3c(F)ccc(F)c32)cc1. The van der Waals surface area contributed by atoms with Gasteiger partial charge in [0.25, 0.3) is 0 Å². The van der Waals surface area contributed by atoms with Crippen LogP contribution in [-0.2, 0) is 11.2 Å². The van der Waals surface area contributed by atoms with Crippen molar-refractivity contribution in [2.75, 3.05) is 17.3 Å². The highest BCUT2D eigenvalue weighted by atomic mass is 19.1. The molecule has 0 radical (unpaired) electrons. The smallest absolute Gasteiger partial charge is 0.226 e. The van der Waals surface area contributed by atoms with E-state index in [0.717, 1.165) is 11.4 Å². The van der Waals surface area contributed by atoms with Crippen LogP contribution in [0.3, 0.4) is 0 Å². The summed E-state index contributed by atoms with van der Waals surface area (Å²) in [5.74, 6) is -0.671. The molecule has 2 aromatic carbocycles. The van der Waals surface area contributed by atoms with Crippen molar-refractivity contribution in [1.29, 1.82) is 0 Å². The van der Waals surface area contributed by atoms with Crippen LogP contribution in [0.25, 0.3) is 0 Å². The largest absolute Gasteiger partial charge is 0.378 e. The lowest BCUT2D eigenvalue weighted by Gasteiger charge is -2.19. The monoisotopic (exact) mass is 330 g/mol. The van der Waals surface area contributed by atoms with E-state index in [4.69, 9.17) is 0 Å². The van der Waals surface area contributed by atoms with Crippen molar-refractivity contribution in [3.8, 4) is 0 Å². The molecule has 24 heavy (non-hydrogen) atoms. The van der Waals surface area contributed by atoms with Crippen molar-refractivity contribution in [2.24, 2.45) is 0 Å². The fourth-order valence-electron chi connectivity index (χ4n) is 3.18. The van der Waals surface area contributed by atoms with Crippen molar-refractivity contribution in [2.45, 2.75) is 32.2 Å². The minimum Gasteiger partial charge on any atom is -0.378 e. The zero-order chi connectivity index (χ0) is 17.3. The van der Waals surface area contributed by atoms with Crippen molar-refractivity contribution in [3.63, 3.8) is 0 Å². The molecular weight excluding hydrogens is 310 g/mol. The third-order valence-corrected chi connectivity index (χ3v) is 4.55. The summed E-state index contributed by atoms with van der Waals surface area (Å²) in [6.07, 6.45) is 1.63. The van der Waals surface area contributed by atoms with Gasteiger partial charge in [-0.1, -0.05) is 6.92 Å². The second-order valence-electron chi connectivity index (χ2n) is 6.01. The normalized spacial score (nSPS) is 15.9. The topological polar surface area (TPSA) is 32.3 Å². The number of hydrogen-bond acceptors (Lipinski definition) is 2. The number of hydrogen-bond donors (Lipinski definition) is 1. The highest BCUT2D eigenvalue weighted by Gasteiger charge is 2.28. The molecule has 0 heterocycles. The quantitative estimate of drug-likeness (QED) is 0.899. The van der Waals surface area contributed by atoms with Gasteiger partial charge >= 0.3 is 0 Å². The van der Waals surface area contributed by atoms with E-state index in [0.29, 0.717) is 30.4 Å². The molecule has 0 aromatic heterocycles. The highest BCUT2D eigenvalue weighted by molar-refractivity contribution is 5.92. The molecule has 126 valence electrons. The van der Waals surface area contributed by atoms with E-state index in [2.05, 4.69) is 5.32 Å². The van der Waals surface area contributed by atoms with Crippen molar-refractivity contribution >= 4 is 17.3 Å². The van der Waals surface area contributed by atoms with Crippen LogP contribution in [0.15, 0.2) is 36.4 Å². The first-order chi connectivity index (χ1) is 11.5. The molecule has 0 saturated heterocycles. The first-order valence-corrected chi connectivity index (χ1v) is 8.11. The molecule has 1 unspecified atom stereocenters. The first kappa shape index (κ1) is 16.4. The number of nitrogens with one attached hydrogen (secondary N) is 1. The number of amides is 1. The van der Waals surface area contributed by atoms with Gasteiger partial charge in [-0.15, -0.1) is 0 Å². The van der Waals surface area contributed by atoms with Gasteiger partial charge in [-0.3, -0.25) is 4.79 Å². The van der Waals surface area contributed by atoms with Gasteiger partial charge in [0.15, 0.2) is 0 Å². The molecule has 1 aliphatic rings. The summed E-state index contributed by atoms with van der Waals surface area (Å²) < 4.78 is 27.9. The molecule has 1 amide bonds. The minimum absolute atomic E-state index is 0.0398. The molecule has 0 bridgehead atoms. The molecule has 3 rings (SSSR count). The summed E-state index contributed by atoms with van der Waals surface area (Å²) in [4.78, 5) is 13.3. The van der Waals surface area contributed by atoms with Gasteiger partial charge in [-0.05, 0) is 54.8 Å². The molecule has 1 N–H and O–H groups in total. The number of anilines is 2. The second kappa shape index (κ2) is 6.59. The predicted molar refractivity (Wildman–Crippen MR) is 91.2 cm³/mol. The fraction of sp³-hybridized carbons (Fsp3) is 0.316. The number of fused-ring (bicyclic) bond motifs is 1. The van der Waals surface area contributed by atoms with Crippen LogP contribution in [-0.4, -0.2) is 13.0 Å². The van der Waals surface area contributed by atoms with Gasteiger partial charge in [0.2, 0.25) is 5.91 Å². The molecule has 2 aromatic rings. The standard InChI is InChI=1S/C19H20F2N2O/c1-3-18(24)23(2)13-6-4-12(5-7-13)22-17-11-8-14-15(20)9-10-16(21)19(14)17/h4-7,9-10,17,22H,3,8,11H2,1-2H3. The van der Waals surface area contributed by atoms with E-state index in [1.807, 2.05) is 31.2 Å². The van der Waals surface area contributed by atoms with Crippen LogP contribution in [0.2, 0.25) is 0 Å². The third kappa shape index (κ3) is 2.98.